The zero-order chi connectivity index (χ0) is 24.5. The molecule has 176 valence electrons. The predicted molar refractivity (Wildman–Crippen MR) is 137 cm³/mol. The van der Waals surface area contributed by atoms with Gasteiger partial charge < -0.3 is 4.74 Å². The van der Waals surface area contributed by atoms with Crippen LogP contribution < -0.4 is 15.3 Å². The van der Waals surface area contributed by atoms with E-state index in [0.717, 1.165) is 22.4 Å². The van der Waals surface area contributed by atoms with E-state index in [2.05, 4.69) is 15.1 Å². The molecule has 0 spiro atoms. The number of methoxy groups -OCH3 is 1. The molecule has 6 rings (SSSR count). The van der Waals surface area contributed by atoms with Gasteiger partial charge in [-0.25, -0.2) is 19.9 Å². The molecule has 0 bridgehead atoms. The van der Waals surface area contributed by atoms with Gasteiger partial charge in [0.05, 0.1) is 30.7 Å². The lowest BCUT2D eigenvalue weighted by molar-refractivity contribution is -0.378. The van der Waals surface area contributed by atoms with Crippen LogP contribution in [0.25, 0.3) is 33.2 Å². The molecule has 9 heteroatoms. The smallest absolute Gasteiger partial charge is 0.265 e. The number of fused-ring (bicyclic) bond motifs is 4. The summed E-state index contributed by atoms with van der Waals surface area (Å²) in [4.78, 5) is 30.9. The molecule has 2 aromatic carbocycles. The summed E-state index contributed by atoms with van der Waals surface area (Å²) in [5.74, 6) is 0.798. The Morgan fingerprint density at radius 2 is 1.72 bits per heavy atom. The molecular formula is C27H22N7O2+. The van der Waals surface area contributed by atoms with E-state index < -0.39 is 0 Å². The number of H-pyrrole nitrogens is 1. The van der Waals surface area contributed by atoms with Gasteiger partial charge in [0.25, 0.3) is 5.56 Å². The van der Waals surface area contributed by atoms with Gasteiger partial charge in [-0.3, -0.25) is 9.36 Å². The molecule has 0 aliphatic heterocycles. The molecule has 0 fully saturated rings. The molecule has 0 saturated heterocycles. The molecule has 0 atom stereocenters. The van der Waals surface area contributed by atoms with Crippen LogP contribution in [0.3, 0.4) is 0 Å². The van der Waals surface area contributed by atoms with Crippen LogP contribution in [0.4, 0.5) is 0 Å². The highest BCUT2D eigenvalue weighted by Crippen LogP contribution is 2.25. The van der Waals surface area contributed by atoms with Crippen LogP contribution in [0.1, 0.15) is 11.1 Å². The topological polar surface area (TPSA) is 101 Å². The second kappa shape index (κ2) is 9.03. The molecule has 0 amide bonds. The van der Waals surface area contributed by atoms with Gasteiger partial charge in [0.1, 0.15) is 16.7 Å². The fourth-order valence-corrected chi connectivity index (χ4v) is 4.18. The van der Waals surface area contributed by atoms with E-state index in [1.165, 1.54) is 0 Å². The van der Waals surface area contributed by atoms with Crippen LogP contribution in [0, 0.1) is 0 Å². The van der Waals surface area contributed by atoms with Crippen LogP contribution in [0.15, 0.2) is 89.3 Å². The van der Waals surface area contributed by atoms with Crippen LogP contribution in [0.5, 0.6) is 5.75 Å². The summed E-state index contributed by atoms with van der Waals surface area (Å²) in [5, 5.41) is 5.03. The zero-order valence-electron chi connectivity index (χ0n) is 19.5. The van der Waals surface area contributed by atoms with E-state index in [9.17, 15) is 4.79 Å². The van der Waals surface area contributed by atoms with Crippen molar-refractivity contribution in [3.8, 4) is 5.75 Å². The predicted octanol–water partition coefficient (Wildman–Crippen LogP) is 3.24. The van der Waals surface area contributed by atoms with Gasteiger partial charge in [0.15, 0.2) is 23.7 Å². The molecule has 0 radical (unpaired) electrons. The lowest BCUT2D eigenvalue weighted by atomic mass is 10.1. The third-order valence-electron chi connectivity index (χ3n) is 6.07. The quantitative estimate of drug-likeness (QED) is 0.344. The molecule has 9 nitrogen and oxygen atoms in total. The Labute approximate surface area is 205 Å². The highest BCUT2D eigenvalue weighted by Gasteiger charge is 2.19. The zero-order valence-corrected chi connectivity index (χ0v) is 19.5. The van der Waals surface area contributed by atoms with E-state index >= 15 is 0 Å². The van der Waals surface area contributed by atoms with E-state index in [1.807, 2.05) is 73.1 Å². The molecule has 36 heavy (non-hydrogen) atoms. The Bertz CT molecular complexity index is 1790. The van der Waals surface area contributed by atoms with Gasteiger partial charge in [-0.15, -0.1) is 0 Å². The standard InChI is InChI=1S/C27H21N7O2/c1-36-20-8-6-18(7-9-20)12-15-33-17-29-25-23(27(33)35)24-26(32-22-5-3-2-4-21(22)31-24)34(25)30-16-19-10-13-28-14-11-19/h2-11,13-14,16-17H,12,15H2,1H3/p+1/b30-16+. The number of nitrogens with one attached hydrogen (secondary N) is 1. The Hall–Kier alpha value is -4.92. The molecule has 1 N–H and O–H groups in total. The van der Waals surface area contributed by atoms with Gasteiger partial charge in [-0.2, -0.15) is 9.78 Å². The molecule has 6 aromatic rings. The van der Waals surface area contributed by atoms with Gasteiger partial charge in [0.2, 0.25) is 0 Å². The third-order valence-corrected chi connectivity index (χ3v) is 6.07. The van der Waals surface area contributed by atoms with E-state index in [4.69, 9.17) is 14.7 Å². The van der Waals surface area contributed by atoms with Crippen molar-refractivity contribution in [2.45, 2.75) is 13.0 Å². The van der Waals surface area contributed by atoms with Crippen molar-refractivity contribution in [3.05, 3.63) is 101 Å². The molecule has 0 unspecified atom stereocenters. The van der Waals surface area contributed by atoms with Crippen molar-refractivity contribution < 1.29 is 9.72 Å². The van der Waals surface area contributed by atoms with Crippen molar-refractivity contribution >= 4 is 39.4 Å². The summed E-state index contributed by atoms with van der Waals surface area (Å²) in [6.45, 7) is 0.478. The summed E-state index contributed by atoms with van der Waals surface area (Å²) >= 11 is 0. The number of aromatic amines is 1. The maximum atomic E-state index is 13.7. The summed E-state index contributed by atoms with van der Waals surface area (Å²) in [5.41, 5.74) is 4.64. The highest BCUT2D eigenvalue weighted by atomic mass is 16.5. The number of hydrogen-bond donors (Lipinski definition) is 0. The number of rotatable bonds is 6. The number of aromatic nitrogens is 6. The summed E-state index contributed by atoms with van der Waals surface area (Å²) in [6.07, 6.45) is 7.59. The number of hydrogen-bond acceptors (Lipinski definition) is 6. The fourth-order valence-electron chi connectivity index (χ4n) is 4.18. The first-order chi connectivity index (χ1) is 17.7. The molecule has 0 aliphatic rings. The Morgan fingerprint density at radius 1 is 0.972 bits per heavy atom. The maximum Gasteiger partial charge on any atom is 0.265 e. The van der Waals surface area contributed by atoms with Crippen LogP contribution >= 0.6 is 0 Å². The normalized spacial score (nSPS) is 11.7. The largest absolute Gasteiger partial charge is 0.497 e. The van der Waals surface area contributed by atoms with E-state index in [1.54, 1.807) is 28.9 Å². The third kappa shape index (κ3) is 3.86. The minimum atomic E-state index is -0.175. The van der Waals surface area contributed by atoms with Gasteiger partial charge in [0, 0.05) is 24.2 Å². The first-order valence-electron chi connectivity index (χ1n) is 11.5. The highest BCUT2D eigenvalue weighted by molar-refractivity contribution is 6.04. The number of para-hydroxylation sites is 2. The second-order valence-electron chi connectivity index (χ2n) is 8.31. The average molecular weight is 477 g/mol. The summed E-state index contributed by atoms with van der Waals surface area (Å²) in [6, 6.07) is 19.2. The van der Waals surface area contributed by atoms with Crippen LogP contribution in [-0.4, -0.2) is 37.5 Å². The molecule has 0 saturated carbocycles. The van der Waals surface area contributed by atoms with E-state index in [-0.39, 0.29) is 5.56 Å². The Kier molecular flexibility index (Phi) is 5.42. The maximum absolute atomic E-state index is 13.7. The first kappa shape index (κ1) is 21.6. The number of aryl methyl sites for hydroxylation is 2. The van der Waals surface area contributed by atoms with Crippen molar-refractivity contribution in [3.63, 3.8) is 0 Å². The minimum Gasteiger partial charge on any atom is -0.497 e. The van der Waals surface area contributed by atoms with Crippen molar-refractivity contribution in [1.29, 1.82) is 0 Å². The van der Waals surface area contributed by atoms with Gasteiger partial charge in [-0.1, -0.05) is 24.3 Å². The van der Waals surface area contributed by atoms with Gasteiger partial charge in [-0.05, 0) is 36.2 Å². The van der Waals surface area contributed by atoms with Crippen LogP contribution in [0.2, 0.25) is 0 Å². The minimum absolute atomic E-state index is 0.175. The van der Waals surface area contributed by atoms with Crippen molar-refractivity contribution in [2.24, 2.45) is 5.10 Å². The fraction of sp³-hybridized carbons (Fsp3) is 0.111. The molecule has 4 heterocycles. The number of benzene rings is 2. The molecular weight excluding hydrogens is 454 g/mol. The lowest BCUT2D eigenvalue weighted by Crippen LogP contribution is -2.21. The SMILES string of the molecule is COc1ccc(CCn2cnc3c(c2=O)c2nc4ccccc4nc2n3/N=C/c2cc[nH+]cc2)cc1. The number of ether oxygens (including phenoxy) is 1. The van der Waals surface area contributed by atoms with E-state index in [0.29, 0.717) is 40.7 Å². The van der Waals surface area contributed by atoms with Crippen molar-refractivity contribution in [2.75, 3.05) is 7.11 Å². The van der Waals surface area contributed by atoms with Gasteiger partial charge >= 0.3 is 0 Å². The monoisotopic (exact) mass is 476 g/mol. The van der Waals surface area contributed by atoms with Crippen molar-refractivity contribution in [1.82, 2.24) is 24.2 Å². The first-order valence-corrected chi connectivity index (χ1v) is 11.5. The number of nitrogens with zero attached hydrogens (tertiary/aromatic N) is 6. The Balaban J connectivity index is 1.49. The Morgan fingerprint density at radius 3 is 2.47 bits per heavy atom. The van der Waals surface area contributed by atoms with Crippen LogP contribution in [-0.2, 0) is 13.0 Å². The summed E-state index contributed by atoms with van der Waals surface area (Å²) in [7, 11) is 1.64. The molecule has 4 aromatic heterocycles. The summed E-state index contributed by atoms with van der Waals surface area (Å²) < 4.78 is 8.44. The lowest BCUT2D eigenvalue weighted by Gasteiger charge is -2.06. The average Bonchev–Trinajstić information content (AvgIpc) is 3.24. The molecule has 0 aliphatic carbocycles. The number of pyridine rings is 1. The second-order valence-corrected chi connectivity index (χ2v) is 8.31.